The standard InChI is InChI=1S/C7H8O/c1-3-5(2)6-4-7(6)8/h3-4H,1-2H3/b5-3+. The quantitative estimate of drug-likeness (QED) is 0.530. The first-order valence-corrected chi connectivity index (χ1v) is 2.65. The van der Waals surface area contributed by atoms with E-state index in [-0.39, 0.29) is 5.43 Å². The molecule has 0 aliphatic carbocycles. The van der Waals surface area contributed by atoms with E-state index in [1.165, 1.54) is 0 Å². The van der Waals surface area contributed by atoms with Crippen LogP contribution in [0.25, 0.3) is 5.57 Å². The third-order valence-electron chi connectivity index (χ3n) is 1.32. The van der Waals surface area contributed by atoms with Gasteiger partial charge in [0.1, 0.15) is 0 Å². The van der Waals surface area contributed by atoms with Crippen molar-refractivity contribution in [3.05, 3.63) is 27.9 Å². The van der Waals surface area contributed by atoms with Gasteiger partial charge in [0.2, 0.25) is 0 Å². The molecule has 0 unspecified atom stereocenters. The van der Waals surface area contributed by atoms with Crippen LogP contribution in [-0.2, 0) is 0 Å². The van der Waals surface area contributed by atoms with Crippen LogP contribution in [0.15, 0.2) is 16.9 Å². The lowest BCUT2D eigenvalue weighted by molar-refractivity contribution is 1.64. The zero-order chi connectivity index (χ0) is 6.15. The monoisotopic (exact) mass is 108 g/mol. The zero-order valence-electron chi connectivity index (χ0n) is 5.06. The third-order valence-corrected chi connectivity index (χ3v) is 1.32. The highest BCUT2D eigenvalue weighted by molar-refractivity contribution is 5.67. The van der Waals surface area contributed by atoms with Gasteiger partial charge in [-0.1, -0.05) is 6.08 Å². The van der Waals surface area contributed by atoms with Crippen LogP contribution in [0.4, 0.5) is 0 Å². The number of rotatable bonds is 1. The molecule has 0 saturated carbocycles. The summed E-state index contributed by atoms with van der Waals surface area (Å²) in [5.74, 6) is 0. The topological polar surface area (TPSA) is 17.1 Å². The molecule has 0 N–H and O–H groups in total. The molecule has 0 bridgehead atoms. The van der Waals surface area contributed by atoms with Crippen molar-refractivity contribution in [2.75, 3.05) is 0 Å². The maximum atomic E-state index is 10.4. The van der Waals surface area contributed by atoms with Gasteiger partial charge in [0.15, 0.2) is 5.43 Å². The number of hydrogen-bond donors (Lipinski definition) is 0. The molecule has 1 rings (SSSR count). The third kappa shape index (κ3) is 0.713. The van der Waals surface area contributed by atoms with Crippen LogP contribution in [0, 0.1) is 0 Å². The van der Waals surface area contributed by atoms with Crippen LogP contribution in [-0.4, -0.2) is 0 Å². The van der Waals surface area contributed by atoms with Crippen molar-refractivity contribution in [3.8, 4) is 0 Å². The lowest BCUT2D eigenvalue weighted by Gasteiger charge is -1.81. The van der Waals surface area contributed by atoms with Gasteiger partial charge in [-0.15, -0.1) is 0 Å². The summed E-state index contributed by atoms with van der Waals surface area (Å²) >= 11 is 0. The molecule has 0 radical (unpaired) electrons. The van der Waals surface area contributed by atoms with E-state index in [9.17, 15) is 4.79 Å². The molecule has 8 heavy (non-hydrogen) atoms. The van der Waals surface area contributed by atoms with Crippen LogP contribution in [0.3, 0.4) is 0 Å². The molecule has 0 fully saturated rings. The van der Waals surface area contributed by atoms with Crippen LogP contribution >= 0.6 is 0 Å². The minimum absolute atomic E-state index is 0.195. The normalized spacial score (nSPS) is 13.0. The van der Waals surface area contributed by atoms with Crippen molar-refractivity contribution in [2.45, 2.75) is 13.8 Å². The molecule has 42 valence electrons. The first kappa shape index (κ1) is 5.29. The second-order valence-corrected chi connectivity index (χ2v) is 1.89. The first-order valence-electron chi connectivity index (χ1n) is 2.65. The van der Waals surface area contributed by atoms with E-state index in [4.69, 9.17) is 0 Å². The Kier molecular flexibility index (Phi) is 1.05. The summed E-state index contributed by atoms with van der Waals surface area (Å²) in [6, 6.07) is 1.65. The molecular weight excluding hydrogens is 100 g/mol. The van der Waals surface area contributed by atoms with Crippen molar-refractivity contribution >= 4 is 5.57 Å². The Morgan fingerprint density at radius 2 is 2.25 bits per heavy atom. The lowest BCUT2D eigenvalue weighted by Crippen LogP contribution is -1.76. The van der Waals surface area contributed by atoms with E-state index < -0.39 is 0 Å². The summed E-state index contributed by atoms with van der Waals surface area (Å²) in [5, 5.41) is 0. The van der Waals surface area contributed by atoms with Gasteiger partial charge < -0.3 is 0 Å². The Bertz CT molecular complexity index is 224. The minimum Gasteiger partial charge on any atom is -0.289 e. The summed E-state index contributed by atoms with van der Waals surface area (Å²) in [4.78, 5) is 10.4. The fraction of sp³-hybridized carbons (Fsp3) is 0.286. The van der Waals surface area contributed by atoms with E-state index in [1.54, 1.807) is 6.07 Å². The van der Waals surface area contributed by atoms with Crippen molar-refractivity contribution < 1.29 is 0 Å². The molecule has 0 aliphatic rings. The lowest BCUT2D eigenvalue weighted by atomic mass is 10.2. The van der Waals surface area contributed by atoms with Gasteiger partial charge in [0, 0.05) is 5.56 Å². The molecule has 1 aromatic carbocycles. The van der Waals surface area contributed by atoms with Crippen LogP contribution in [0.1, 0.15) is 19.4 Å². The molecule has 0 atom stereocenters. The molecule has 0 heterocycles. The predicted molar refractivity (Wildman–Crippen MR) is 34.4 cm³/mol. The Morgan fingerprint density at radius 1 is 1.75 bits per heavy atom. The zero-order valence-corrected chi connectivity index (χ0v) is 5.06. The van der Waals surface area contributed by atoms with Crippen molar-refractivity contribution in [3.63, 3.8) is 0 Å². The maximum Gasteiger partial charge on any atom is 0.186 e. The van der Waals surface area contributed by atoms with Gasteiger partial charge in [-0.25, -0.2) is 0 Å². The van der Waals surface area contributed by atoms with Gasteiger partial charge >= 0.3 is 0 Å². The fourth-order valence-electron chi connectivity index (χ4n) is 0.559. The summed E-state index contributed by atoms with van der Waals surface area (Å²) in [5.41, 5.74) is 2.18. The van der Waals surface area contributed by atoms with Gasteiger partial charge in [0.25, 0.3) is 0 Å². The second kappa shape index (κ2) is 1.58. The largest absolute Gasteiger partial charge is 0.289 e. The van der Waals surface area contributed by atoms with E-state index in [0.717, 1.165) is 11.1 Å². The highest BCUT2D eigenvalue weighted by Gasteiger charge is 2.07. The van der Waals surface area contributed by atoms with Gasteiger partial charge in [-0.05, 0) is 25.5 Å². The van der Waals surface area contributed by atoms with Crippen LogP contribution in [0.5, 0.6) is 0 Å². The Morgan fingerprint density at radius 3 is 2.38 bits per heavy atom. The Balaban J connectivity index is 2.82. The second-order valence-electron chi connectivity index (χ2n) is 1.89. The Hall–Kier alpha value is -0.850. The molecule has 0 aromatic heterocycles. The highest BCUT2D eigenvalue weighted by Crippen LogP contribution is 2.10. The molecular formula is C7H8O. The van der Waals surface area contributed by atoms with E-state index >= 15 is 0 Å². The van der Waals surface area contributed by atoms with Gasteiger partial charge in [0.05, 0.1) is 0 Å². The Labute approximate surface area is 48.3 Å². The molecule has 0 saturated heterocycles. The van der Waals surface area contributed by atoms with Crippen molar-refractivity contribution in [1.29, 1.82) is 0 Å². The van der Waals surface area contributed by atoms with Crippen molar-refractivity contribution in [2.24, 2.45) is 0 Å². The predicted octanol–water partition coefficient (Wildman–Crippen LogP) is 1.35. The summed E-state index contributed by atoms with van der Waals surface area (Å²) in [6.45, 7) is 3.87. The van der Waals surface area contributed by atoms with Crippen LogP contribution < -0.4 is 5.43 Å². The van der Waals surface area contributed by atoms with Crippen molar-refractivity contribution in [1.82, 2.24) is 0 Å². The number of hydrogen-bond acceptors (Lipinski definition) is 1. The summed E-state index contributed by atoms with van der Waals surface area (Å²) < 4.78 is 0. The summed E-state index contributed by atoms with van der Waals surface area (Å²) in [7, 11) is 0. The van der Waals surface area contributed by atoms with Gasteiger partial charge in [-0.3, -0.25) is 4.79 Å². The molecule has 0 aliphatic heterocycles. The van der Waals surface area contributed by atoms with Crippen LogP contribution in [0.2, 0.25) is 0 Å². The molecule has 1 aromatic rings. The average molecular weight is 108 g/mol. The number of allylic oxidation sites excluding steroid dienone is 2. The first-order chi connectivity index (χ1) is 3.75. The maximum absolute atomic E-state index is 10.4. The minimum atomic E-state index is 0.195. The highest BCUT2D eigenvalue weighted by atomic mass is 16.1. The fourth-order valence-corrected chi connectivity index (χ4v) is 0.559. The molecule has 0 spiro atoms. The van der Waals surface area contributed by atoms with E-state index in [1.807, 2.05) is 19.9 Å². The summed E-state index contributed by atoms with van der Waals surface area (Å²) in [6.07, 6.45) is 1.94. The van der Waals surface area contributed by atoms with E-state index in [2.05, 4.69) is 0 Å². The molecule has 0 amide bonds. The molecule has 1 heteroatoms. The molecule has 1 nitrogen and oxygen atoms in total. The smallest absolute Gasteiger partial charge is 0.186 e. The average Bonchev–Trinajstić information content (AvgIpc) is 2.45. The SMILES string of the molecule is C/C=C(\C)c1cc1=O. The van der Waals surface area contributed by atoms with E-state index in [0.29, 0.717) is 0 Å². The van der Waals surface area contributed by atoms with Gasteiger partial charge in [-0.2, -0.15) is 0 Å².